The molecule has 2 aliphatic rings. The van der Waals surface area contributed by atoms with Gasteiger partial charge in [-0.3, -0.25) is 4.79 Å². The molecule has 0 saturated carbocycles. The van der Waals surface area contributed by atoms with Crippen LogP contribution in [0.25, 0.3) is 0 Å². The lowest BCUT2D eigenvalue weighted by Gasteiger charge is -2.18. The molecule has 110 valence electrons. The van der Waals surface area contributed by atoms with Gasteiger partial charge in [-0.2, -0.15) is 5.26 Å². The zero-order chi connectivity index (χ0) is 15.4. The number of carbonyl (C=O) groups excluding carboxylic acids is 1. The Morgan fingerprint density at radius 3 is 2.67 bits per heavy atom. The predicted molar refractivity (Wildman–Crippen MR) is 74.8 cm³/mol. The minimum atomic E-state index is -3.11. The third-order valence-electron chi connectivity index (χ3n) is 3.93. The lowest BCUT2D eigenvalue weighted by Crippen LogP contribution is -2.41. The summed E-state index contributed by atoms with van der Waals surface area (Å²) in [6, 6.07) is 1.49. The first-order chi connectivity index (χ1) is 9.84. The number of aromatic amines is 1. The average Bonchev–Trinajstić information content (AvgIpc) is 2.90. The standard InChI is InChI=1S/C12H13N5O3S/c13-4-8-10(14)7-3-9(18)17(12(7)16-11(8)15)6-1-2-21(19,20)5-6/h6H,1-3,5H2,(H4,14,15,16)/p+1/t6-/m0/s1. The number of sulfone groups is 1. The summed E-state index contributed by atoms with van der Waals surface area (Å²) in [6.45, 7) is 0. The van der Waals surface area contributed by atoms with Gasteiger partial charge in [-0.15, -0.1) is 0 Å². The number of pyridine rings is 1. The van der Waals surface area contributed by atoms with Crippen LogP contribution >= 0.6 is 0 Å². The van der Waals surface area contributed by atoms with Crippen LogP contribution in [-0.4, -0.2) is 31.9 Å². The van der Waals surface area contributed by atoms with Gasteiger partial charge >= 0.3 is 0 Å². The van der Waals surface area contributed by atoms with Gasteiger partial charge in [0.25, 0.3) is 5.91 Å². The Labute approximate surface area is 121 Å². The van der Waals surface area contributed by atoms with E-state index in [4.69, 9.17) is 16.7 Å². The van der Waals surface area contributed by atoms with Crippen molar-refractivity contribution in [3.05, 3.63) is 11.1 Å². The highest BCUT2D eigenvalue weighted by atomic mass is 32.2. The van der Waals surface area contributed by atoms with Gasteiger partial charge in [0.15, 0.2) is 9.84 Å². The molecule has 9 heteroatoms. The van der Waals surface area contributed by atoms with E-state index in [1.165, 1.54) is 4.90 Å². The van der Waals surface area contributed by atoms with Crippen molar-refractivity contribution in [2.45, 2.75) is 18.9 Å². The van der Waals surface area contributed by atoms with Gasteiger partial charge in [-0.05, 0) is 6.42 Å². The number of aromatic nitrogens is 1. The van der Waals surface area contributed by atoms with Crippen LogP contribution in [0.15, 0.2) is 0 Å². The molecular weight excluding hydrogens is 294 g/mol. The van der Waals surface area contributed by atoms with Gasteiger partial charge in [0.05, 0.1) is 35.2 Å². The number of nitrogen functional groups attached to an aromatic ring is 2. The molecule has 1 amide bonds. The fourth-order valence-corrected chi connectivity index (χ4v) is 4.62. The Bertz CT molecular complexity index is 796. The molecule has 1 saturated heterocycles. The Morgan fingerprint density at radius 1 is 1.38 bits per heavy atom. The Morgan fingerprint density at radius 2 is 2.10 bits per heavy atom. The second-order valence-electron chi connectivity index (χ2n) is 5.26. The number of H-pyrrole nitrogens is 1. The number of anilines is 3. The number of hydrogen-bond acceptors (Lipinski definition) is 6. The summed E-state index contributed by atoms with van der Waals surface area (Å²) in [5, 5.41) is 9.03. The van der Waals surface area contributed by atoms with Crippen LogP contribution in [0.3, 0.4) is 0 Å². The van der Waals surface area contributed by atoms with Gasteiger partial charge in [0, 0.05) is 0 Å². The molecule has 0 aromatic carbocycles. The summed E-state index contributed by atoms with van der Waals surface area (Å²) in [7, 11) is -3.11. The second kappa shape index (κ2) is 4.33. The molecule has 21 heavy (non-hydrogen) atoms. The van der Waals surface area contributed by atoms with Crippen molar-refractivity contribution in [3.8, 4) is 6.07 Å². The molecule has 5 N–H and O–H groups in total. The summed E-state index contributed by atoms with van der Waals surface area (Å²) in [4.78, 5) is 16.5. The number of fused-ring (bicyclic) bond motifs is 1. The number of nitrogens with one attached hydrogen (secondary N) is 1. The quantitative estimate of drug-likeness (QED) is 0.653. The minimum Gasteiger partial charge on any atom is -0.397 e. The van der Waals surface area contributed by atoms with Crippen LogP contribution in [0.2, 0.25) is 0 Å². The second-order valence-corrected chi connectivity index (χ2v) is 7.49. The van der Waals surface area contributed by atoms with Crippen LogP contribution in [0, 0.1) is 11.3 Å². The highest BCUT2D eigenvalue weighted by Gasteiger charge is 2.45. The highest BCUT2D eigenvalue weighted by molar-refractivity contribution is 7.91. The minimum absolute atomic E-state index is 0.0448. The summed E-state index contributed by atoms with van der Waals surface area (Å²) >= 11 is 0. The molecule has 0 unspecified atom stereocenters. The molecule has 0 spiro atoms. The largest absolute Gasteiger partial charge is 0.397 e. The van der Waals surface area contributed by atoms with Crippen LogP contribution < -0.4 is 21.4 Å². The molecule has 1 aromatic rings. The highest BCUT2D eigenvalue weighted by Crippen LogP contribution is 2.35. The zero-order valence-corrected chi connectivity index (χ0v) is 11.9. The molecule has 1 atom stereocenters. The number of nitrogens with two attached hydrogens (primary N) is 2. The number of carbonyl (C=O) groups is 1. The molecule has 8 nitrogen and oxygen atoms in total. The van der Waals surface area contributed by atoms with Crippen LogP contribution in [-0.2, 0) is 21.1 Å². The zero-order valence-electron chi connectivity index (χ0n) is 11.1. The fraction of sp³-hybridized carbons (Fsp3) is 0.417. The van der Waals surface area contributed by atoms with Gasteiger partial charge in [0.2, 0.25) is 11.6 Å². The predicted octanol–water partition coefficient (Wildman–Crippen LogP) is -1.39. The molecule has 2 aliphatic heterocycles. The van der Waals surface area contributed by atoms with E-state index in [1.807, 2.05) is 6.07 Å². The SMILES string of the molecule is N#Cc1c(N)[nH+]c2c(c1N)CC(=O)N2[C@H]1CCS(=O)(=O)C1. The lowest BCUT2D eigenvalue weighted by atomic mass is 10.1. The fourth-order valence-electron chi connectivity index (χ4n) is 2.92. The topological polar surface area (TPSA) is 144 Å². The maximum atomic E-state index is 12.2. The van der Waals surface area contributed by atoms with E-state index >= 15 is 0 Å². The van der Waals surface area contributed by atoms with Gasteiger partial charge in [0.1, 0.15) is 11.6 Å². The van der Waals surface area contributed by atoms with Crippen LogP contribution in [0.4, 0.5) is 17.3 Å². The smallest absolute Gasteiger partial charge is 0.287 e. The first-order valence-electron chi connectivity index (χ1n) is 6.39. The molecular formula is C12H14N5O3S+. The third-order valence-corrected chi connectivity index (χ3v) is 5.68. The molecule has 0 aliphatic carbocycles. The van der Waals surface area contributed by atoms with E-state index in [0.29, 0.717) is 17.8 Å². The summed E-state index contributed by atoms with van der Waals surface area (Å²) in [5.74, 6) is 0.263. The molecule has 3 rings (SSSR count). The summed E-state index contributed by atoms with van der Waals surface area (Å²) in [6.07, 6.45) is 0.435. The maximum absolute atomic E-state index is 12.2. The summed E-state index contributed by atoms with van der Waals surface area (Å²) < 4.78 is 23.2. The van der Waals surface area contributed by atoms with E-state index in [2.05, 4.69) is 4.98 Å². The van der Waals surface area contributed by atoms with E-state index < -0.39 is 15.9 Å². The average molecular weight is 308 g/mol. The monoisotopic (exact) mass is 308 g/mol. The normalized spacial score (nSPS) is 23.1. The molecule has 1 aromatic heterocycles. The van der Waals surface area contributed by atoms with E-state index in [0.717, 1.165) is 0 Å². The van der Waals surface area contributed by atoms with Crippen LogP contribution in [0.5, 0.6) is 0 Å². The van der Waals surface area contributed by atoms with Crippen LogP contribution in [0.1, 0.15) is 17.5 Å². The number of hydrogen-bond donors (Lipinski definition) is 2. The number of rotatable bonds is 1. The van der Waals surface area contributed by atoms with Gasteiger partial charge < -0.3 is 11.5 Å². The van der Waals surface area contributed by atoms with Gasteiger partial charge in [-0.25, -0.2) is 18.3 Å². The number of nitrogens with zero attached hydrogens (tertiary/aromatic N) is 2. The Kier molecular flexibility index (Phi) is 2.81. The van der Waals surface area contributed by atoms with Crippen molar-refractivity contribution >= 4 is 33.1 Å². The molecule has 0 bridgehead atoms. The first-order valence-corrected chi connectivity index (χ1v) is 8.22. The van der Waals surface area contributed by atoms with Crippen molar-refractivity contribution in [3.63, 3.8) is 0 Å². The van der Waals surface area contributed by atoms with E-state index in [-0.39, 0.29) is 40.9 Å². The van der Waals surface area contributed by atoms with Crippen molar-refractivity contribution in [2.75, 3.05) is 27.9 Å². The van der Waals surface area contributed by atoms with Gasteiger partial charge in [-0.1, -0.05) is 0 Å². The van der Waals surface area contributed by atoms with Crippen molar-refractivity contribution in [2.24, 2.45) is 0 Å². The van der Waals surface area contributed by atoms with Crippen molar-refractivity contribution in [1.82, 2.24) is 0 Å². The maximum Gasteiger partial charge on any atom is 0.287 e. The van der Waals surface area contributed by atoms with Crippen molar-refractivity contribution < 1.29 is 18.2 Å². The molecule has 3 heterocycles. The third kappa shape index (κ3) is 1.99. The molecule has 0 radical (unpaired) electrons. The van der Waals surface area contributed by atoms with E-state index in [9.17, 15) is 13.2 Å². The Balaban J connectivity index is 2.09. The van der Waals surface area contributed by atoms with Crippen molar-refractivity contribution in [1.29, 1.82) is 5.26 Å². The number of nitriles is 1. The van der Waals surface area contributed by atoms with E-state index in [1.54, 1.807) is 0 Å². The first kappa shape index (κ1) is 13.6. The molecule has 1 fully saturated rings. The lowest BCUT2D eigenvalue weighted by molar-refractivity contribution is -0.346. The number of amides is 1. The summed E-state index contributed by atoms with van der Waals surface area (Å²) in [5.41, 5.74) is 12.5. The Hall–Kier alpha value is -2.34.